The number of pyridine rings is 1. The first-order chi connectivity index (χ1) is 14.1. The summed E-state index contributed by atoms with van der Waals surface area (Å²) < 4.78 is 1.74. The van der Waals surface area contributed by atoms with E-state index in [1.165, 1.54) is 5.56 Å². The third-order valence-corrected chi connectivity index (χ3v) is 6.49. The Kier molecular flexibility index (Phi) is 6.14. The number of carbonyl (C=O) groups excluding carboxylic acids is 1. The fourth-order valence-electron chi connectivity index (χ4n) is 4.73. The number of hydrogen-bond donors (Lipinski definition) is 1. The van der Waals surface area contributed by atoms with Crippen molar-refractivity contribution in [1.82, 2.24) is 14.8 Å². The summed E-state index contributed by atoms with van der Waals surface area (Å²) in [5, 5.41) is 3.40. The molecular weight excluding hydrogens is 362 g/mol. The minimum absolute atomic E-state index is 0.102. The van der Waals surface area contributed by atoms with Gasteiger partial charge in [0.25, 0.3) is 11.5 Å². The van der Waals surface area contributed by atoms with Crippen molar-refractivity contribution in [3.8, 4) is 0 Å². The molecule has 0 spiro atoms. The first kappa shape index (κ1) is 19.9. The molecule has 1 amide bonds. The zero-order valence-electron chi connectivity index (χ0n) is 17.3. The highest BCUT2D eigenvalue weighted by Crippen LogP contribution is 2.28. The van der Waals surface area contributed by atoms with E-state index in [0.717, 1.165) is 44.3 Å². The van der Waals surface area contributed by atoms with Gasteiger partial charge >= 0.3 is 0 Å². The Morgan fingerprint density at radius 1 is 1.10 bits per heavy atom. The molecule has 1 atom stereocenters. The van der Waals surface area contributed by atoms with Crippen LogP contribution in [-0.4, -0.2) is 41.6 Å². The van der Waals surface area contributed by atoms with Gasteiger partial charge in [0, 0.05) is 25.8 Å². The maximum Gasteiger partial charge on any atom is 0.263 e. The Labute approximate surface area is 172 Å². The smallest absolute Gasteiger partial charge is 0.263 e. The van der Waals surface area contributed by atoms with Gasteiger partial charge in [-0.25, -0.2) is 0 Å². The molecule has 3 heterocycles. The van der Waals surface area contributed by atoms with Gasteiger partial charge in [0.1, 0.15) is 5.56 Å². The van der Waals surface area contributed by atoms with Gasteiger partial charge < -0.3 is 14.8 Å². The van der Waals surface area contributed by atoms with E-state index in [1.807, 2.05) is 30.2 Å². The topological polar surface area (TPSA) is 54.3 Å². The summed E-state index contributed by atoms with van der Waals surface area (Å²) in [7, 11) is 0. The molecule has 0 bridgehead atoms. The van der Waals surface area contributed by atoms with Crippen LogP contribution in [0.5, 0.6) is 0 Å². The van der Waals surface area contributed by atoms with Crippen molar-refractivity contribution in [3.05, 3.63) is 69.6 Å². The number of piperidine rings is 2. The molecule has 2 aliphatic heterocycles. The maximum absolute atomic E-state index is 13.2. The van der Waals surface area contributed by atoms with Crippen LogP contribution in [0.1, 0.15) is 53.1 Å². The van der Waals surface area contributed by atoms with Gasteiger partial charge in [-0.2, -0.15) is 0 Å². The number of nitrogens with zero attached hydrogens (tertiary/aromatic N) is 2. The van der Waals surface area contributed by atoms with Crippen LogP contribution in [0.3, 0.4) is 0 Å². The summed E-state index contributed by atoms with van der Waals surface area (Å²) >= 11 is 0. The average Bonchev–Trinajstić information content (AvgIpc) is 2.77. The third kappa shape index (κ3) is 4.45. The molecule has 1 aromatic heterocycles. The molecule has 0 radical (unpaired) electrons. The van der Waals surface area contributed by atoms with Crippen LogP contribution in [-0.2, 0) is 6.54 Å². The molecule has 4 rings (SSSR count). The minimum atomic E-state index is -0.134. The number of benzene rings is 1. The number of aryl methyl sites for hydroxylation is 1. The highest BCUT2D eigenvalue weighted by Gasteiger charge is 2.27. The molecule has 29 heavy (non-hydrogen) atoms. The molecule has 5 heteroatoms. The Morgan fingerprint density at radius 3 is 2.55 bits per heavy atom. The Hall–Kier alpha value is -2.40. The molecule has 1 aromatic carbocycles. The lowest BCUT2D eigenvalue weighted by atomic mass is 9.89. The average molecular weight is 394 g/mol. The highest BCUT2D eigenvalue weighted by molar-refractivity contribution is 5.95. The Bertz CT molecular complexity index is 892. The lowest BCUT2D eigenvalue weighted by molar-refractivity contribution is 0.0709. The summed E-state index contributed by atoms with van der Waals surface area (Å²) in [6.45, 7) is 5.97. The molecule has 2 saturated heterocycles. The van der Waals surface area contributed by atoms with Crippen molar-refractivity contribution in [3.63, 3.8) is 0 Å². The van der Waals surface area contributed by atoms with E-state index >= 15 is 0 Å². The number of carbonyl (C=O) groups is 1. The van der Waals surface area contributed by atoms with Crippen molar-refractivity contribution in [1.29, 1.82) is 0 Å². The van der Waals surface area contributed by atoms with E-state index in [0.29, 0.717) is 37.0 Å². The number of likely N-dealkylation sites (tertiary alicyclic amines) is 1. The standard InChI is InChI=1S/C24H31N3O2/c1-18-9-13-27(17-19-6-5-12-25-16-19)24(29)22(18)23(28)26-14-10-21(11-15-26)20-7-3-2-4-8-20/h2-4,7-9,13,19,21,25H,5-6,10-12,14-17H2,1H3. The van der Waals surface area contributed by atoms with E-state index in [2.05, 4.69) is 29.6 Å². The summed E-state index contributed by atoms with van der Waals surface area (Å²) in [5.41, 5.74) is 2.35. The monoisotopic (exact) mass is 393 g/mol. The second-order valence-corrected chi connectivity index (χ2v) is 8.52. The molecule has 1 N–H and O–H groups in total. The molecule has 2 fully saturated rings. The van der Waals surface area contributed by atoms with Crippen LogP contribution < -0.4 is 10.9 Å². The number of rotatable bonds is 4. The summed E-state index contributed by atoms with van der Waals surface area (Å²) in [6.07, 6.45) is 6.02. The molecule has 154 valence electrons. The maximum atomic E-state index is 13.2. The zero-order chi connectivity index (χ0) is 20.2. The van der Waals surface area contributed by atoms with Crippen LogP contribution in [0.4, 0.5) is 0 Å². The van der Waals surface area contributed by atoms with E-state index in [4.69, 9.17) is 0 Å². The van der Waals surface area contributed by atoms with Crippen LogP contribution in [0.25, 0.3) is 0 Å². The molecule has 0 aliphatic carbocycles. The summed E-state index contributed by atoms with van der Waals surface area (Å²) in [6, 6.07) is 12.4. The van der Waals surface area contributed by atoms with Crippen LogP contribution in [0.2, 0.25) is 0 Å². The first-order valence-electron chi connectivity index (χ1n) is 10.9. The molecule has 2 aliphatic rings. The largest absolute Gasteiger partial charge is 0.338 e. The Morgan fingerprint density at radius 2 is 1.86 bits per heavy atom. The van der Waals surface area contributed by atoms with E-state index in [9.17, 15) is 9.59 Å². The Balaban J connectivity index is 1.47. The van der Waals surface area contributed by atoms with Crippen molar-refractivity contribution in [2.75, 3.05) is 26.2 Å². The van der Waals surface area contributed by atoms with Gasteiger partial charge in [0.2, 0.25) is 0 Å². The predicted octanol–water partition coefficient (Wildman–Crippen LogP) is 3.18. The van der Waals surface area contributed by atoms with E-state index in [-0.39, 0.29) is 11.5 Å². The van der Waals surface area contributed by atoms with Crippen molar-refractivity contribution >= 4 is 5.91 Å². The highest BCUT2D eigenvalue weighted by atomic mass is 16.2. The van der Waals surface area contributed by atoms with Crippen molar-refractivity contribution < 1.29 is 4.79 Å². The predicted molar refractivity (Wildman–Crippen MR) is 115 cm³/mol. The lowest BCUT2D eigenvalue weighted by Crippen LogP contribution is -2.42. The van der Waals surface area contributed by atoms with E-state index in [1.54, 1.807) is 4.57 Å². The van der Waals surface area contributed by atoms with Crippen molar-refractivity contribution in [2.24, 2.45) is 5.92 Å². The third-order valence-electron chi connectivity index (χ3n) is 6.49. The SMILES string of the molecule is Cc1ccn(CC2CCCNC2)c(=O)c1C(=O)N1CCC(c2ccccc2)CC1. The molecule has 1 unspecified atom stereocenters. The van der Waals surface area contributed by atoms with E-state index < -0.39 is 0 Å². The van der Waals surface area contributed by atoms with Gasteiger partial charge in [-0.15, -0.1) is 0 Å². The number of aromatic nitrogens is 1. The number of hydrogen-bond acceptors (Lipinski definition) is 3. The zero-order valence-corrected chi connectivity index (χ0v) is 17.3. The quantitative estimate of drug-likeness (QED) is 0.868. The molecule has 0 saturated carbocycles. The fraction of sp³-hybridized carbons (Fsp3) is 0.500. The number of amides is 1. The van der Waals surface area contributed by atoms with Gasteiger partial charge in [-0.1, -0.05) is 30.3 Å². The number of nitrogens with one attached hydrogen (secondary N) is 1. The fourth-order valence-corrected chi connectivity index (χ4v) is 4.73. The normalized spacial score (nSPS) is 20.6. The van der Waals surface area contributed by atoms with Crippen LogP contribution in [0.15, 0.2) is 47.4 Å². The second kappa shape index (κ2) is 8.95. The first-order valence-corrected chi connectivity index (χ1v) is 10.9. The van der Waals surface area contributed by atoms with Crippen molar-refractivity contribution in [2.45, 2.75) is 45.1 Å². The molecule has 5 nitrogen and oxygen atoms in total. The van der Waals surface area contributed by atoms with Gasteiger partial charge in [0.15, 0.2) is 0 Å². The molecule has 2 aromatic rings. The second-order valence-electron chi connectivity index (χ2n) is 8.52. The van der Waals surface area contributed by atoms with Crippen LogP contribution >= 0.6 is 0 Å². The lowest BCUT2D eigenvalue weighted by Gasteiger charge is -2.32. The van der Waals surface area contributed by atoms with Gasteiger partial charge in [-0.3, -0.25) is 9.59 Å². The minimum Gasteiger partial charge on any atom is -0.338 e. The van der Waals surface area contributed by atoms with Gasteiger partial charge in [0.05, 0.1) is 0 Å². The summed E-state index contributed by atoms with van der Waals surface area (Å²) in [4.78, 5) is 28.2. The molecular formula is C24H31N3O2. The summed E-state index contributed by atoms with van der Waals surface area (Å²) in [5.74, 6) is 0.844. The van der Waals surface area contributed by atoms with Gasteiger partial charge in [-0.05, 0) is 74.7 Å². The van der Waals surface area contributed by atoms with Crippen LogP contribution in [0, 0.1) is 12.8 Å².